The number of hydrogen-bond donors (Lipinski definition) is 1. The number of aliphatic carboxylic acids is 1. The third-order valence-corrected chi connectivity index (χ3v) is 10.3. The summed E-state index contributed by atoms with van der Waals surface area (Å²) in [5, 5.41) is 9.38. The molecule has 2 aliphatic carbocycles. The van der Waals surface area contributed by atoms with Crippen molar-refractivity contribution in [2.45, 2.75) is 104 Å². The Morgan fingerprint density at radius 3 is 2.64 bits per heavy atom. The SMILES string of the molecule is C=C(C)[C@@H]1C[C@@H]2O[C@@]1(CCC(=O)O)CC1=C2[C@]2(C)CC[C@H]([C@H](C)CCC(=O)OC)[C@@]2(C)CC1. The van der Waals surface area contributed by atoms with Gasteiger partial charge in [-0.05, 0) is 86.5 Å². The third-order valence-electron chi connectivity index (χ3n) is 10.3. The lowest BCUT2D eigenvalue weighted by molar-refractivity contribution is -0.141. The van der Waals surface area contributed by atoms with Crippen LogP contribution >= 0.6 is 0 Å². The van der Waals surface area contributed by atoms with Crippen molar-refractivity contribution >= 4 is 11.9 Å². The van der Waals surface area contributed by atoms with Crippen molar-refractivity contribution in [1.82, 2.24) is 0 Å². The van der Waals surface area contributed by atoms with Crippen LogP contribution in [0, 0.1) is 28.6 Å². The van der Waals surface area contributed by atoms with Crippen LogP contribution in [0.25, 0.3) is 0 Å². The summed E-state index contributed by atoms with van der Waals surface area (Å²) in [4.78, 5) is 23.2. The molecule has 0 aromatic rings. The summed E-state index contributed by atoms with van der Waals surface area (Å²) in [5.41, 5.74) is 4.09. The van der Waals surface area contributed by atoms with Gasteiger partial charge in [0.1, 0.15) is 0 Å². The first-order valence-corrected chi connectivity index (χ1v) is 12.8. The molecule has 2 aliphatic heterocycles. The van der Waals surface area contributed by atoms with E-state index in [4.69, 9.17) is 9.47 Å². The van der Waals surface area contributed by atoms with Crippen molar-refractivity contribution in [3.05, 3.63) is 23.3 Å². The number of methoxy groups -OCH3 is 1. The van der Waals surface area contributed by atoms with Gasteiger partial charge < -0.3 is 14.6 Å². The molecule has 2 bridgehead atoms. The Bertz CT molecular complexity index is 874. The van der Waals surface area contributed by atoms with Crippen LogP contribution in [-0.2, 0) is 19.1 Å². The first-order valence-electron chi connectivity index (χ1n) is 12.8. The molecule has 0 unspecified atom stereocenters. The molecule has 4 aliphatic rings. The van der Waals surface area contributed by atoms with E-state index in [0.717, 1.165) is 44.1 Å². The lowest BCUT2D eigenvalue weighted by atomic mass is 9.52. The van der Waals surface area contributed by atoms with Gasteiger partial charge in [-0.2, -0.15) is 0 Å². The Kier molecular flexibility index (Phi) is 6.35. The number of esters is 1. The van der Waals surface area contributed by atoms with Gasteiger partial charge >= 0.3 is 11.9 Å². The minimum Gasteiger partial charge on any atom is -0.481 e. The van der Waals surface area contributed by atoms with Gasteiger partial charge in [-0.15, -0.1) is 0 Å². The van der Waals surface area contributed by atoms with Crippen LogP contribution < -0.4 is 0 Å². The van der Waals surface area contributed by atoms with Crippen molar-refractivity contribution in [1.29, 1.82) is 0 Å². The van der Waals surface area contributed by atoms with E-state index >= 15 is 0 Å². The number of carbonyl (C=O) groups excluding carboxylic acids is 1. The fourth-order valence-corrected chi connectivity index (χ4v) is 8.46. The molecule has 7 atom stereocenters. The van der Waals surface area contributed by atoms with Crippen molar-refractivity contribution in [2.75, 3.05) is 7.11 Å². The first-order chi connectivity index (χ1) is 15.5. The number of carboxylic acid groups (broad SMARTS) is 1. The summed E-state index contributed by atoms with van der Waals surface area (Å²) in [6.07, 6.45) is 8.55. The van der Waals surface area contributed by atoms with E-state index in [0.29, 0.717) is 24.7 Å². The second-order valence-electron chi connectivity index (χ2n) is 11.9. The molecular formula is C28H42O5. The predicted molar refractivity (Wildman–Crippen MR) is 128 cm³/mol. The zero-order valence-electron chi connectivity index (χ0n) is 21.2. The number of rotatable bonds is 8. The lowest BCUT2D eigenvalue weighted by Gasteiger charge is -2.55. The minimum atomic E-state index is -0.751. The maximum atomic E-state index is 11.8. The summed E-state index contributed by atoms with van der Waals surface area (Å²) in [6.45, 7) is 13.6. The minimum absolute atomic E-state index is 0.0815. The largest absolute Gasteiger partial charge is 0.481 e. The van der Waals surface area contributed by atoms with Crippen LogP contribution in [0.5, 0.6) is 0 Å². The summed E-state index contributed by atoms with van der Waals surface area (Å²) < 4.78 is 11.7. The summed E-state index contributed by atoms with van der Waals surface area (Å²) in [6, 6.07) is 0. The summed E-state index contributed by atoms with van der Waals surface area (Å²) >= 11 is 0. The second-order valence-corrected chi connectivity index (χ2v) is 11.9. The lowest BCUT2D eigenvalue weighted by Crippen LogP contribution is -2.49. The number of carboxylic acids is 1. The zero-order chi connectivity index (χ0) is 24.2. The van der Waals surface area contributed by atoms with E-state index in [-0.39, 0.29) is 35.2 Å². The smallest absolute Gasteiger partial charge is 0.305 e. The number of carbonyl (C=O) groups is 2. The molecule has 4 rings (SSSR count). The van der Waals surface area contributed by atoms with E-state index in [1.807, 2.05) is 0 Å². The average molecular weight is 459 g/mol. The molecule has 33 heavy (non-hydrogen) atoms. The highest BCUT2D eigenvalue weighted by Gasteiger charge is 2.64. The topological polar surface area (TPSA) is 72.8 Å². The van der Waals surface area contributed by atoms with E-state index in [9.17, 15) is 14.7 Å². The van der Waals surface area contributed by atoms with Crippen molar-refractivity contribution in [3.63, 3.8) is 0 Å². The first kappa shape index (κ1) is 24.5. The van der Waals surface area contributed by atoms with Gasteiger partial charge in [0.25, 0.3) is 0 Å². The van der Waals surface area contributed by atoms with Crippen molar-refractivity contribution < 1.29 is 24.2 Å². The van der Waals surface area contributed by atoms with E-state index in [1.54, 1.807) is 5.57 Å². The van der Waals surface area contributed by atoms with Crippen LogP contribution in [0.4, 0.5) is 0 Å². The summed E-state index contributed by atoms with van der Waals surface area (Å²) in [5.74, 6) is 0.414. The van der Waals surface area contributed by atoms with Crippen LogP contribution in [0.1, 0.15) is 91.9 Å². The molecule has 0 spiro atoms. The normalized spacial score (nSPS) is 40.2. The Labute approximate surface area is 199 Å². The van der Waals surface area contributed by atoms with Crippen LogP contribution in [0.15, 0.2) is 23.3 Å². The molecule has 5 heteroatoms. The van der Waals surface area contributed by atoms with Gasteiger partial charge in [0.05, 0.1) is 18.8 Å². The van der Waals surface area contributed by atoms with Crippen LogP contribution in [0.3, 0.4) is 0 Å². The van der Waals surface area contributed by atoms with Gasteiger partial charge in [-0.3, -0.25) is 9.59 Å². The van der Waals surface area contributed by atoms with Crippen molar-refractivity contribution in [2.24, 2.45) is 28.6 Å². The predicted octanol–water partition coefficient (Wildman–Crippen LogP) is 6.08. The summed E-state index contributed by atoms with van der Waals surface area (Å²) in [7, 11) is 1.47. The van der Waals surface area contributed by atoms with E-state index in [1.165, 1.54) is 19.1 Å². The highest BCUT2D eigenvalue weighted by Crippen LogP contribution is 2.70. The standard InChI is InChI=1S/C28H42O5/c1-17(2)21-15-22-25-19(16-28(21,33-22)14-11-23(29)30)9-12-26(4)20(10-13-27(25,26)5)18(3)7-8-24(31)32-6/h18,20-22H,1,7-16H2,2-6H3,(H,29,30)/t18-,20-,21+,22+,26-,27+,28+/m1/s1. The quantitative estimate of drug-likeness (QED) is 0.353. The molecule has 0 amide bonds. The van der Waals surface area contributed by atoms with Gasteiger partial charge in [-0.25, -0.2) is 0 Å². The van der Waals surface area contributed by atoms with Gasteiger partial charge in [0.2, 0.25) is 0 Å². The van der Waals surface area contributed by atoms with Crippen LogP contribution in [0.2, 0.25) is 0 Å². The molecule has 2 fully saturated rings. The molecule has 1 saturated heterocycles. The highest BCUT2D eigenvalue weighted by atomic mass is 16.5. The van der Waals surface area contributed by atoms with Gasteiger partial charge in [0.15, 0.2) is 0 Å². The molecule has 184 valence electrons. The molecule has 1 N–H and O–H groups in total. The molecule has 0 aromatic carbocycles. The molecule has 5 nitrogen and oxygen atoms in total. The van der Waals surface area contributed by atoms with Crippen LogP contribution in [-0.4, -0.2) is 35.9 Å². The molecular weight excluding hydrogens is 416 g/mol. The second kappa shape index (κ2) is 8.55. The fourth-order valence-electron chi connectivity index (χ4n) is 8.46. The van der Waals surface area contributed by atoms with Gasteiger partial charge in [0, 0.05) is 18.8 Å². The molecule has 0 aromatic heterocycles. The maximum absolute atomic E-state index is 11.8. The van der Waals surface area contributed by atoms with E-state index in [2.05, 4.69) is 34.3 Å². The molecule has 0 radical (unpaired) electrons. The van der Waals surface area contributed by atoms with E-state index < -0.39 is 11.6 Å². The third kappa shape index (κ3) is 3.79. The Morgan fingerprint density at radius 1 is 1.27 bits per heavy atom. The average Bonchev–Trinajstić information content (AvgIpc) is 3.21. The Balaban J connectivity index is 1.63. The zero-order valence-corrected chi connectivity index (χ0v) is 21.2. The Hall–Kier alpha value is -1.62. The van der Waals surface area contributed by atoms with Crippen molar-refractivity contribution in [3.8, 4) is 0 Å². The molecule has 2 heterocycles. The monoisotopic (exact) mass is 458 g/mol. The van der Waals surface area contributed by atoms with Gasteiger partial charge in [-0.1, -0.05) is 38.5 Å². The highest BCUT2D eigenvalue weighted by molar-refractivity contribution is 5.69. The molecule has 1 saturated carbocycles. The number of ether oxygens (including phenoxy) is 2. The number of hydrogen-bond acceptors (Lipinski definition) is 4. The Morgan fingerprint density at radius 2 is 2.00 bits per heavy atom. The fraction of sp³-hybridized carbons (Fsp3) is 0.786. The maximum Gasteiger partial charge on any atom is 0.305 e. The number of fused-ring (bicyclic) bond motifs is 5.